The number of aryl methyl sites for hydroxylation is 1. The monoisotopic (exact) mass is 293 g/mol. The highest BCUT2D eigenvalue weighted by Crippen LogP contribution is 2.38. The van der Waals surface area contributed by atoms with E-state index in [-0.39, 0.29) is 11.6 Å². The summed E-state index contributed by atoms with van der Waals surface area (Å²) < 4.78 is 2.25. The van der Waals surface area contributed by atoms with Crippen molar-refractivity contribution in [3.8, 4) is 0 Å². The first kappa shape index (κ1) is 16.5. The van der Waals surface area contributed by atoms with E-state index in [9.17, 15) is 0 Å². The Morgan fingerprint density at radius 1 is 1.29 bits per heavy atom. The van der Waals surface area contributed by atoms with Crippen LogP contribution < -0.4 is 11.3 Å². The quantitative estimate of drug-likeness (QED) is 0.571. The first-order valence-electron chi connectivity index (χ1n) is 8.45. The van der Waals surface area contributed by atoms with Crippen LogP contribution in [0.25, 0.3) is 0 Å². The van der Waals surface area contributed by atoms with Crippen molar-refractivity contribution in [3.63, 3.8) is 0 Å². The summed E-state index contributed by atoms with van der Waals surface area (Å²) in [6, 6.07) is 0.0761. The van der Waals surface area contributed by atoms with Crippen molar-refractivity contribution in [1.29, 1.82) is 0 Å². The molecule has 1 fully saturated rings. The van der Waals surface area contributed by atoms with Gasteiger partial charge in [-0.15, -0.1) is 0 Å². The molecule has 1 atom stereocenters. The van der Waals surface area contributed by atoms with E-state index in [4.69, 9.17) is 5.84 Å². The highest BCUT2D eigenvalue weighted by atomic mass is 15.3. The minimum Gasteiger partial charge on any atom is -0.334 e. The summed E-state index contributed by atoms with van der Waals surface area (Å²) in [4.78, 5) is 7.26. The lowest BCUT2D eigenvalue weighted by Crippen LogP contribution is -2.57. The number of nitrogens with zero attached hydrogens (tertiary/aromatic N) is 3. The van der Waals surface area contributed by atoms with E-state index in [2.05, 4.69) is 46.8 Å². The zero-order valence-electron chi connectivity index (χ0n) is 13.8. The lowest BCUT2D eigenvalue weighted by Gasteiger charge is -2.46. The molecule has 1 aromatic heterocycles. The van der Waals surface area contributed by atoms with Gasteiger partial charge in [0.05, 0.1) is 6.04 Å². The molecule has 0 bridgehead atoms. The number of rotatable bonds is 8. The summed E-state index contributed by atoms with van der Waals surface area (Å²) in [6.07, 6.45) is 9.83. The SMILES string of the molecule is CCCn1ccnc1C(NN)C(CC)(CC)N1CCCC1. The van der Waals surface area contributed by atoms with Gasteiger partial charge in [-0.2, -0.15) is 0 Å². The molecule has 21 heavy (non-hydrogen) atoms. The molecule has 0 radical (unpaired) electrons. The Bertz CT molecular complexity index is 418. The summed E-state index contributed by atoms with van der Waals surface area (Å²) in [7, 11) is 0. The average Bonchev–Trinajstić information content (AvgIpc) is 3.17. The fourth-order valence-electron chi connectivity index (χ4n) is 3.93. The summed E-state index contributed by atoms with van der Waals surface area (Å²) in [5.41, 5.74) is 3.16. The maximum absolute atomic E-state index is 6.00. The Labute approximate surface area is 128 Å². The van der Waals surface area contributed by atoms with Gasteiger partial charge in [0.1, 0.15) is 5.82 Å². The van der Waals surface area contributed by atoms with Crippen molar-refractivity contribution in [2.45, 2.75) is 71.0 Å². The Hall–Kier alpha value is -0.910. The Kier molecular flexibility index (Phi) is 5.79. The van der Waals surface area contributed by atoms with E-state index in [1.807, 2.05) is 6.20 Å². The van der Waals surface area contributed by atoms with Crippen molar-refractivity contribution < 1.29 is 0 Å². The third-order valence-electron chi connectivity index (χ3n) is 5.13. The van der Waals surface area contributed by atoms with Gasteiger partial charge in [0, 0.05) is 24.5 Å². The second kappa shape index (κ2) is 7.38. The summed E-state index contributed by atoms with van der Waals surface area (Å²) in [6.45, 7) is 10.1. The molecule has 0 amide bonds. The van der Waals surface area contributed by atoms with Gasteiger partial charge < -0.3 is 4.57 Å². The third-order valence-corrected chi connectivity index (χ3v) is 5.13. The molecule has 2 rings (SSSR count). The fraction of sp³-hybridized carbons (Fsp3) is 0.812. The smallest absolute Gasteiger partial charge is 0.129 e. The summed E-state index contributed by atoms with van der Waals surface area (Å²) in [5, 5.41) is 0. The second-order valence-electron chi connectivity index (χ2n) is 6.08. The Morgan fingerprint density at radius 3 is 2.48 bits per heavy atom. The molecule has 3 N–H and O–H groups in total. The van der Waals surface area contributed by atoms with Crippen LogP contribution in [0, 0.1) is 0 Å². The standard InChI is InChI=1S/C16H31N5/c1-4-10-20-13-9-18-15(20)14(19-17)16(5-2,6-3)21-11-7-8-12-21/h9,13-14,19H,4-8,10-12,17H2,1-3H3. The highest BCUT2D eigenvalue weighted by molar-refractivity contribution is 5.11. The normalized spacial score (nSPS) is 18.3. The average molecular weight is 293 g/mol. The maximum atomic E-state index is 6.00. The number of nitrogens with one attached hydrogen (secondary N) is 1. The fourth-order valence-corrected chi connectivity index (χ4v) is 3.93. The topological polar surface area (TPSA) is 59.1 Å². The molecule has 0 aromatic carbocycles. The van der Waals surface area contributed by atoms with Gasteiger partial charge in [0.15, 0.2) is 0 Å². The predicted octanol–water partition coefficient (Wildman–Crippen LogP) is 2.45. The van der Waals surface area contributed by atoms with E-state index in [1.54, 1.807) is 0 Å². The molecule has 0 saturated carbocycles. The van der Waals surface area contributed by atoms with Gasteiger partial charge in [-0.05, 0) is 45.2 Å². The zero-order valence-corrected chi connectivity index (χ0v) is 13.8. The van der Waals surface area contributed by atoms with E-state index < -0.39 is 0 Å². The molecule has 5 nitrogen and oxygen atoms in total. The first-order chi connectivity index (χ1) is 10.2. The molecule has 0 spiro atoms. The molecule has 1 aromatic rings. The summed E-state index contributed by atoms with van der Waals surface area (Å²) >= 11 is 0. The van der Waals surface area contributed by atoms with Gasteiger partial charge in [0.25, 0.3) is 0 Å². The van der Waals surface area contributed by atoms with Gasteiger partial charge in [-0.25, -0.2) is 10.4 Å². The van der Waals surface area contributed by atoms with Crippen LogP contribution in [-0.2, 0) is 6.54 Å². The minimum absolute atomic E-state index is 0.0576. The van der Waals surface area contributed by atoms with Crippen LogP contribution in [0.2, 0.25) is 0 Å². The van der Waals surface area contributed by atoms with Gasteiger partial charge >= 0.3 is 0 Å². The lowest BCUT2D eigenvalue weighted by atomic mass is 9.82. The van der Waals surface area contributed by atoms with Crippen LogP contribution in [0.4, 0.5) is 0 Å². The van der Waals surface area contributed by atoms with Gasteiger partial charge in [0.2, 0.25) is 0 Å². The van der Waals surface area contributed by atoms with Crippen LogP contribution in [0.5, 0.6) is 0 Å². The van der Waals surface area contributed by atoms with E-state index in [0.29, 0.717) is 0 Å². The highest BCUT2D eigenvalue weighted by Gasteiger charge is 2.44. The molecule has 0 aliphatic carbocycles. The molecule has 5 heteroatoms. The van der Waals surface area contributed by atoms with Crippen LogP contribution in [0.3, 0.4) is 0 Å². The van der Waals surface area contributed by atoms with E-state index >= 15 is 0 Å². The molecule has 2 heterocycles. The largest absolute Gasteiger partial charge is 0.334 e. The molecular weight excluding hydrogens is 262 g/mol. The molecule has 1 aliphatic heterocycles. The van der Waals surface area contributed by atoms with Crippen molar-refractivity contribution >= 4 is 0 Å². The van der Waals surface area contributed by atoms with Gasteiger partial charge in [-0.3, -0.25) is 10.7 Å². The zero-order chi connectivity index (χ0) is 15.3. The van der Waals surface area contributed by atoms with Crippen molar-refractivity contribution in [2.24, 2.45) is 5.84 Å². The second-order valence-corrected chi connectivity index (χ2v) is 6.08. The number of imidazole rings is 1. The van der Waals surface area contributed by atoms with Gasteiger partial charge in [-0.1, -0.05) is 20.8 Å². The lowest BCUT2D eigenvalue weighted by molar-refractivity contribution is 0.0568. The third kappa shape index (κ3) is 3.00. The van der Waals surface area contributed by atoms with Crippen molar-refractivity contribution in [2.75, 3.05) is 13.1 Å². The number of nitrogens with two attached hydrogens (primary N) is 1. The Morgan fingerprint density at radius 2 is 1.95 bits per heavy atom. The molecule has 1 unspecified atom stereocenters. The van der Waals surface area contributed by atoms with Crippen LogP contribution in [0.1, 0.15) is 64.7 Å². The molecule has 1 saturated heterocycles. The summed E-state index contributed by atoms with van der Waals surface area (Å²) in [5.74, 6) is 7.08. The molecular formula is C16H31N5. The van der Waals surface area contributed by atoms with Crippen LogP contribution in [-0.4, -0.2) is 33.1 Å². The van der Waals surface area contributed by atoms with Crippen molar-refractivity contribution in [1.82, 2.24) is 19.9 Å². The number of aromatic nitrogens is 2. The molecule has 1 aliphatic rings. The van der Waals surface area contributed by atoms with E-state index in [0.717, 1.165) is 31.6 Å². The number of hydrogen-bond donors (Lipinski definition) is 2. The molecule has 120 valence electrons. The number of hydrazine groups is 1. The predicted molar refractivity (Wildman–Crippen MR) is 86.7 cm³/mol. The Balaban J connectivity index is 2.37. The first-order valence-corrected chi connectivity index (χ1v) is 8.45. The number of hydrogen-bond acceptors (Lipinski definition) is 4. The number of likely N-dealkylation sites (tertiary alicyclic amines) is 1. The van der Waals surface area contributed by atoms with Crippen LogP contribution >= 0.6 is 0 Å². The van der Waals surface area contributed by atoms with Crippen molar-refractivity contribution in [3.05, 3.63) is 18.2 Å². The van der Waals surface area contributed by atoms with Crippen LogP contribution in [0.15, 0.2) is 12.4 Å². The minimum atomic E-state index is 0.0576. The maximum Gasteiger partial charge on any atom is 0.129 e. The van der Waals surface area contributed by atoms with E-state index in [1.165, 1.54) is 25.9 Å².